The van der Waals surface area contributed by atoms with Gasteiger partial charge >= 0.3 is 0 Å². The van der Waals surface area contributed by atoms with Crippen molar-refractivity contribution in [2.24, 2.45) is 0 Å². The van der Waals surface area contributed by atoms with Gasteiger partial charge in [-0.25, -0.2) is 8.78 Å². The standard InChI is InChI=1S/C10H13F2N/c1-13-7-9-4-2-3-8(5-9)6-10(11)12/h2-5,10,13H,6-7H2,1H3. The van der Waals surface area contributed by atoms with Gasteiger partial charge in [-0.2, -0.15) is 0 Å². The second kappa shape index (κ2) is 4.92. The lowest BCUT2D eigenvalue weighted by Crippen LogP contribution is -2.05. The molecule has 0 saturated heterocycles. The Morgan fingerprint density at radius 3 is 2.62 bits per heavy atom. The van der Waals surface area contributed by atoms with Crippen molar-refractivity contribution in [2.45, 2.75) is 19.4 Å². The molecule has 0 radical (unpaired) electrons. The fourth-order valence-corrected chi connectivity index (χ4v) is 1.25. The minimum absolute atomic E-state index is 0.155. The quantitative estimate of drug-likeness (QED) is 0.758. The molecule has 0 bridgehead atoms. The summed E-state index contributed by atoms with van der Waals surface area (Å²) in [5.74, 6) is 0. The average molecular weight is 185 g/mol. The third kappa shape index (κ3) is 3.51. The van der Waals surface area contributed by atoms with Gasteiger partial charge in [0.05, 0.1) is 0 Å². The van der Waals surface area contributed by atoms with E-state index in [4.69, 9.17) is 0 Å². The van der Waals surface area contributed by atoms with Gasteiger partial charge in [0, 0.05) is 13.0 Å². The van der Waals surface area contributed by atoms with Gasteiger partial charge in [0.1, 0.15) is 0 Å². The zero-order valence-corrected chi connectivity index (χ0v) is 7.56. The Morgan fingerprint density at radius 1 is 1.31 bits per heavy atom. The summed E-state index contributed by atoms with van der Waals surface area (Å²) >= 11 is 0. The van der Waals surface area contributed by atoms with Crippen LogP contribution < -0.4 is 5.32 Å². The highest BCUT2D eigenvalue weighted by Crippen LogP contribution is 2.09. The molecule has 0 aliphatic carbocycles. The van der Waals surface area contributed by atoms with Crippen LogP contribution in [0.1, 0.15) is 11.1 Å². The minimum atomic E-state index is -2.26. The summed E-state index contributed by atoms with van der Waals surface area (Å²) in [4.78, 5) is 0. The van der Waals surface area contributed by atoms with Crippen molar-refractivity contribution in [1.82, 2.24) is 5.32 Å². The van der Waals surface area contributed by atoms with Crippen LogP contribution in [0.25, 0.3) is 0 Å². The molecular weight excluding hydrogens is 172 g/mol. The Kier molecular flexibility index (Phi) is 3.83. The molecule has 3 heteroatoms. The van der Waals surface area contributed by atoms with Crippen LogP contribution in [0.5, 0.6) is 0 Å². The van der Waals surface area contributed by atoms with Crippen LogP contribution in [0, 0.1) is 0 Å². The zero-order valence-electron chi connectivity index (χ0n) is 7.56. The van der Waals surface area contributed by atoms with Gasteiger partial charge in [0.2, 0.25) is 6.43 Å². The van der Waals surface area contributed by atoms with Crippen LogP contribution in [-0.4, -0.2) is 13.5 Å². The summed E-state index contributed by atoms with van der Waals surface area (Å²) < 4.78 is 24.0. The van der Waals surface area contributed by atoms with Gasteiger partial charge in [0.25, 0.3) is 0 Å². The number of hydrogen-bond acceptors (Lipinski definition) is 1. The zero-order chi connectivity index (χ0) is 9.68. The number of nitrogens with one attached hydrogen (secondary N) is 1. The second-order valence-electron chi connectivity index (χ2n) is 2.95. The van der Waals surface area contributed by atoms with Crippen molar-refractivity contribution in [3.8, 4) is 0 Å². The maximum atomic E-state index is 12.0. The smallest absolute Gasteiger partial charge is 0.242 e. The van der Waals surface area contributed by atoms with Crippen molar-refractivity contribution in [3.05, 3.63) is 35.4 Å². The van der Waals surface area contributed by atoms with E-state index in [0.717, 1.165) is 12.1 Å². The molecule has 0 saturated carbocycles. The highest BCUT2D eigenvalue weighted by molar-refractivity contribution is 5.23. The van der Waals surface area contributed by atoms with Crippen LogP contribution >= 0.6 is 0 Å². The predicted octanol–water partition coefficient (Wildman–Crippen LogP) is 2.21. The molecule has 0 aliphatic rings. The van der Waals surface area contributed by atoms with E-state index >= 15 is 0 Å². The summed E-state index contributed by atoms with van der Waals surface area (Å²) in [7, 11) is 1.83. The van der Waals surface area contributed by atoms with Crippen molar-refractivity contribution >= 4 is 0 Å². The highest BCUT2D eigenvalue weighted by atomic mass is 19.3. The maximum absolute atomic E-state index is 12.0. The molecule has 13 heavy (non-hydrogen) atoms. The fraction of sp³-hybridized carbons (Fsp3) is 0.400. The molecule has 0 heterocycles. The SMILES string of the molecule is CNCc1cccc(CC(F)F)c1. The molecule has 0 aliphatic heterocycles. The number of hydrogen-bond donors (Lipinski definition) is 1. The molecular formula is C10H13F2N. The normalized spacial score (nSPS) is 10.8. The Morgan fingerprint density at radius 2 is 2.00 bits per heavy atom. The van der Waals surface area contributed by atoms with Crippen LogP contribution in [0.4, 0.5) is 8.78 Å². The third-order valence-corrected chi connectivity index (χ3v) is 1.76. The van der Waals surface area contributed by atoms with Gasteiger partial charge in [0.15, 0.2) is 0 Å². The van der Waals surface area contributed by atoms with E-state index in [0.29, 0.717) is 5.56 Å². The van der Waals surface area contributed by atoms with Gasteiger partial charge in [-0.05, 0) is 18.2 Å². The first-order valence-electron chi connectivity index (χ1n) is 4.23. The molecule has 72 valence electrons. The molecule has 1 rings (SSSR count). The summed E-state index contributed by atoms with van der Waals surface area (Å²) in [6.07, 6.45) is -2.41. The molecule has 1 nitrogen and oxygen atoms in total. The van der Waals surface area contributed by atoms with E-state index < -0.39 is 6.43 Å². The van der Waals surface area contributed by atoms with Gasteiger partial charge in [-0.3, -0.25) is 0 Å². The highest BCUT2D eigenvalue weighted by Gasteiger charge is 2.04. The molecule has 0 aromatic heterocycles. The first kappa shape index (κ1) is 10.1. The molecule has 0 atom stereocenters. The lowest BCUT2D eigenvalue weighted by atomic mass is 10.1. The molecule has 0 amide bonds. The lowest BCUT2D eigenvalue weighted by Gasteiger charge is -2.03. The van der Waals surface area contributed by atoms with E-state index in [1.165, 1.54) is 0 Å². The Balaban J connectivity index is 2.67. The number of alkyl halides is 2. The third-order valence-electron chi connectivity index (χ3n) is 1.76. The largest absolute Gasteiger partial charge is 0.316 e. The van der Waals surface area contributed by atoms with E-state index in [2.05, 4.69) is 5.32 Å². The van der Waals surface area contributed by atoms with Crippen molar-refractivity contribution < 1.29 is 8.78 Å². The topological polar surface area (TPSA) is 12.0 Å². The summed E-state index contributed by atoms with van der Waals surface area (Å²) in [6.45, 7) is 0.719. The van der Waals surface area contributed by atoms with Crippen molar-refractivity contribution in [3.63, 3.8) is 0 Å². The molecule has 1 N–H and O–H groups in total. The monoisotopic (exact) mass is 185 g/mol. The van der Waals surface area contributed by atoms with Gasteiger partial charge in [-0.1, -0.05) is 24.3 Å². The Hall–Kier alpha value is -0.960. The van der Waals surface area contributed by atoms with Crippen LogP contribution in [0.2, 0.25) is 0 Å². The average Bonchev–Trinajstić information content (AvgIpc) is 2.04. The molecule has 0 fully saturated rings. The first-order chi connectivity index (χ1) is 6.22. The lowest BCUT2D eigenvalue weighted by molar-refractivity contribution is 0.149. The molecule has 1 aromatic carbocycles. The van der Waals surface area contributed by atoms with E-state index in [1.807, 2.05) is 25.2 Å². The Labute approximate surface area is 76.8 Å². The van der Waals surface area contributed by atoms with E-state index in [-0.39, 0.29) is 6.42 Å². The van der Waals surface area contributed by atoms with Crippen LogP contribution in [0.15, 0.2) is 24.3 Å². The Bertz CT molecular complexity index is 261. The fourth-order valence-electron chi connectivity index (χ4n) is 1.25. The van der Waals surface area contributed by atoms with Crippen molar-refractivity contribution in [1.29, 1.82) is 0 Å². The summed E-state index contributed by atoms with van der Waals surface area (Å²) in [5.41, 5.74) is 1.74. The maximum Gasteiger partial charge on any atom is 0.242 e. The van der Waals surface area contributed by atoms with Gasteiger partial charge < -0.3 is 5.32 Å². The number of halogens is 2. The minimum Gasteiger partial charge on any atom is -0.316 e. The summed E-state index contributed by atoms with van der Waals surface area (Å²) in [5, 5.41) is 2.98. The molecule has 0 unspecified atom stereocenters. The summed E-state index contributed by atoms with van der Waals surface area (Å²) in [6, 6.07) is 7.27. The predicted molar refractivity (Wildman–Crippen MR) is 48.9 cm³/mol. The molecule has 0 spiro atoms. The van der Waals surface area contributed by atoms with Crippen LogP contribution in [-0.2, 0) is 13.0 Å². The second-order valence-corrected chi connectivity index (χ2v) is 2.95. The first-order valence-corrected chi connectivity index (χ1v) is 4.23. The van der Waals surface area contributed by atoms with E-state index in [1.54, 1.807) is 6.07 Å². The number of benzene rings is 1. The van der Waals surface area contributed by atoms with E-state index in [9.17, 15) is 8.78 Å². The van der Waals surface area contributed by atoms with Crippen LogP contribution in [0.3, 0.4) is 0 Å². The van der Waals surface area contributed by atoms with Gasteiger partial charge in [-0.15, -0.1) is 0 Å². The van der Waals surface area contributed by atoms with Crippen molar-refractivity contribution in [2.75, 3.05) is 7.05 Å². The number of rotatable bonds is 4. The molecule has 1 aromatic rings.